The van der Waals surface area contributed by atoms with Crippen LogP contribution in [0.3, 0.4) is 0 Å². The van der Waals surface area contributed by atoms with E-state index in [0.29, 0.717) is 6.42 Å². The largest absolute Gasteiger partial charge is 0.395 e. The predicted octanol–water partition coefficient (Wildman–Crippen LogP) is -2.05. The third-order valence-electron chi connectivity index (χ3n) is 3.73. The summed E-state index contributed by atoms with van der Waals surface area (Å²) < 4.78 is 29.6. The summed E-state index contributed by atoms with van der Waals surface area (Å²) in [7, 11) is -3.80. The topological polar surface area (TPSA) is 148 Å². The van der Waals surface area contributed by atoms with Gasteiger partial charge in [0.1, 0.15) is 0 Å². The quantitative estimate of drug-likeness (QED) is 0.228. The maximum Gasteiger partial charge on any atom is 0.264 e. The minimum Gasteiger partial charge on any atom is -0.395 e. The van der Waals surface area contributed by atoms with E-state index in [4.69, 9.17) is 25.6 Å². The monoisotopic (exact) mass is 371 g/mol. The lowest BCUT2D eigenvalue weighted by Gasteiger charge is -2.34. The molecule has 24 heavy (non-hydrogen) atoms. The Labute approximate surface area is 144 Å². The molecule has 1 aliphatic heterocycles. The molecule has 0 saturated carbocycles. The third kappa shape index (κ3) is 13.0. The molecule has 1 aliphatic rings. The van der Waals surface area contributed by atoms with Gasteiger partial charge in [-0.05, 0) is 26.3 Å². The molecule has 0 aliphatic carbocycles. The van der Waals surface area contributed by atoms with Crippen LogP contribution < -0.4 is 5.73 Å². The number of nitrogens with zero attached hydrogens (tertiary/aromatic N) is 2. The molecule has 0 aromatic heterocycles. The van der Waals surface area contributed by atoms with E-state index < -0.39 is 15.7 Å². The number of β-amino-alcohol motifs (C(OH)–C–C–N with tert-alkyl or cyclic N) is 1. The van der Waals surface area contributed by atoms with Gasteiger partial charge in [0.05, 0.1) is 31.1 Å². The zero-order chi connectivity index (χ0) is 18.6. The van der Waals surface area contributed by atoms with Gasteiger partial charge in [-0.1, -0.05) is 0 Å². The van der Waals surface area contributed by atoms with Crippen LogP contribution in [0.4, 0.5) is 0 Å². The highest BCUT2D eigenvalue weighted by molar-refractivity contribution is 7.85. The Morgan fingerprint density at radius 3 is 1.75 bits per heavy atom. The summed E-state index contributed by atoms with van der Waals surface area (Å²) in [5.41, 5.74) is 4.41. The smallest absolute Gasteiger partial charge is 0.264 e. The van der Waals surface area contributed by atoms with Gasteiger partial charge in [0.2, 0.25) is 0 Å². The molecule has 0 aromatic carbocycles. The third-order valence-corrected chi connectivity index (χ3v) is 4.53. The van der Waals surface area contributed by atoms with Crippen LogP contribution in [0.25, 0.3) is 0 Å². The van der Waals surface area contributed by atoms with Gasteiger partial charge in [-0.25, -0.2) is 0 Å². The Balaban J connectivity index is 0.000000640. The van der Waals surface area contributed by atoms with E-state index in [-0.39, 0.29) is 25.6 Å². The molecule has 146 valence electrons. The van der Waals surface area contributed by atoms with Crippen molar-refractivity contribution in [2.45, 2.75) is 25.3 Å². The first-order chi connectivity index (χ1) is 11.1. The van der Waals surface area contributed by atoms with Crippen molar-refractivity contribution in [2.24, 2.45) is 5.73 Å². The highest BCUT2D eigenvalue weighted by Crippen LogP contribution is 2.04. The van der Waals surface area contributed by atoms with Gasteiger partial charge in [0.25, 0.3) is 10.1 Å². The number of unbranched alkanes of at least 4 members (excludes halogenated alkanes) is 1. The van der Waals surface area contributed by atoms with Crippen molar-refractivity contribution in [1.29, 1.82) is 0 Å². The first kappa shape index (κ1) is 23.7. The second kappa shape index (κ2) is 12.1. The molecular formula is C14H33N3O6S. The highest BCUT2D eigenvalue weighted by atomic mass is 32.2. The summed E-state index contributed by atoms with van der Waals surface area (Å²) in [6.07, 6.45) is 1.30. The second-order valence-corrected chi connectivity index (χ2v) is 7.94. The van der Waals surface area contributed by atoms with Gasteiger partial charge in [0, 0.05) is 32.7 Å². The van der Waals surface area contributed by atoms with Crippen LogP contribution in [0.1, 0.15) is 19.8 Å². The minimum atomic E-state index is -3.80. The van der Waals surface area contributed by atoms with E-state index in [2.05, 4.69) is 9.80 Å². The summed E-state index contributed by atoms with van der Waals surface area (Å²) >= 11 is 0. The summed E-state index contributed by atoms with van der Waals surface area (Å²) in [5, 5.41) is 25.4. The molecule has 0 unspecified atom stereocenters. The fourth-order valence-electron chi connectivity index (χ4n) is 2.05. The fourth-order valence-corrected chi connectivity index (χ4v) is 2.62. The second-order valence-electron chi connectivity index (χ2n) is 6.37. The molecule has 0 bridgehead atoms. The molecule has 1 rings (SSSR count). The first-order valence-electron chi connectivity index (χ1n) is 8.15. The van der Waals surface area contributed by atoms with E-state index in [9.17, 15) is 8.42 Å². The minimum absolute atomic E-state index is 0.141. The normalized spacial score (nSPS) is 17.4. The molecule has 6 N–H and O–H groups in total. The lowest BCUT2D eigenvalue weighted by molar-refractivity contribution is 0.112. The molecule has 0 aromatic rings. The molecule has 0 atom stereocenters. The first-order valence-corrected chi connectivity index (χ1v) is 9.76. The number of nitrogens with two attached hydrogens (primary N) is 1. The lowest BCUT2D eigenvalue weighted by atomic mass is 10.1. The molecule has 10 heteroatoms. The Morgan fingerprint density at radius 2 is 1.42 bits per heavy atom. The number of hydrogen-bond acceptors (Lipinski definition) is 8. The number of piperazine rings is 1. The van der Waals surface area contributed by atoms with Crippen LogP contribution in [-0.2, 0) is 10.1 Å². The molecule has 0 spiro atoms. The Morgan fingerprint density at radius 1 is 0.958 bits per heavy atom. The van der Waals surface area contributed by atoms with E-state index in [1.54, 1.807) is 6.92 Å². The van der Waals surface area contributed by atoms with Gasteiger partial charge in [-0.15, -0.1) is 0 Å². The fraction of sp³-hybridized carbons (Fsp3) is 1.00. The molecule has 1 saturated heterocycles. The van der Waals surface area contributed by atoms with Gasteiger partial charge >= 0.3 is 0 Å². The van der Waals surface area contributed by atoms with Gasteiger partial charge in [0.15, 0.2) is 0 Å². The zero-order valence-electron chi connectivity index (χ0n) is 14.5. The Bertz CT molecular complexity index is 405. The molecule has 1 heterocycles. The standard InChI is InChI=1S/C10H22N2O4S.C4H11NO2/c13-9-8-12-6-4-11(5-7-12)3-1-2-10-17(14,15)16;1-4(5,2-6)3-7/h13H,1-10H2,(H,14,15,16);6-7H,2-3,5H2,1H3. The van der Waals surface area contributed by atoms with Crippen molar-refractivity contribution < 1.29 is 28.3 Å². The zero-order valence-corrected chi connectivity index (χ0v) is 15.3. The number of aliphatic hydroxyl groups is 3. The average Bonchev–Trinajstić information content (AvgIpc) is 2.53. The summed E-state index contributed by atoms with van der Waals surface area (Å²) in [6.45, 7) is 6.88. The van der Waals surface area contributed by atoms with Crippen molar-refractivity contribution in [3.8, 4) is 0 Å². The van der Waals surface area contributed by atoms with Crippen molar-refractivity contribution in [2.75, 3.05) is 64.8 Å². The molecular weight excluding hydrogens is 338 g/mol. The molecule has 0 amide bonds. The van der Waals surface area contributed by atoms with Gasteiger partial charge in [-0.3, -0.25) is 9.45 Å². The van der Waals surface area contributed by atoms with Crippen LogP contribution in [0.5, 0.6) is 0 Å². The molecule has 1 fully saturated rings. The van der Waals surface area contributed by atoms with E-state index in [1.807, 2.05) is 0 Å². The van der Waals surface area contributed by atoms with Crippen molar-refractivity contribution >= 4 is 10.1 Å². The van der Waals surface area contributed by atoms with Crippen LogP contribution in [0, 0.1) is 0 Å². The van der Waals surface area contributed by atoms with Crippen LogP contribution in [-0.4, -0.2) is 108 Å². The van der Waals surface area contributed by atoms with Crippen molar-refractivity contribution in [1.82, 2.24) is 9.80 Å². The van der Waals surface area contributed by atoms with E-state index in [0.717, 1.165) is 45.7 Å². The maximum absolute atomic E-state index is 10.5. The summed E-state index contributed by atoms with van der Waals surface area (Å²) in [6, 6.07) is 0. The average molecular weight is 372 g/mol. The summed E-state index contributed by atoms with van der Waals surface area (Å²) in [5.74, 6) is -0.141. The maximum atomic E-state index is 10.5. The van der Waals surface area contributed by atoms with Crippen LogP contribution in [0.2, 0.25) is 0 Å². The number of aliphatic hydroxyl groups excluding tert-OH is 3. The van der Waals surface area contributed by atoms with Gasteiger partial charge in [-0.2, -0.15) is 8.42 Å². The Kier molecular flexibility index (Phi) is 11.9. The number of rotatable bonds is 9. The van der Waals surface area contributed by atoms with E-state index >= 15 is 0 Å². The van der Waals surface area contributed by atoms with Crippen molar-refractivity contribution in [3.05, 3.63) is 0 Å². The SMILES string of the molecule is CC(N)(CO)CO.O=S(=O)(O)CCCCN1CCN(CCO)CC1. The predicted molar refractivity (Wildman–Crippen MR) is 92.4 cm³/mol. The molecule has 0 radical (unpaired) electrons. The van der Waals surface area contributed by atoms with E-state index in [1.165, 1.54) is 0 Å². The highest BCUT2D eigenvalue weighted by Gasteiger charge is 2.16. The summed E-state index contributed by atoms with van der Waals surface area (Å²) in [4.78, 5) is 4.51. The Hall–Kier alpha value is -0.330. The number of hydrogen-bond donors (Lipinski definition) is 5. The van der Waals surface area contributed by atoms with Crippen LogP contribution >= 0.6 is 0 Å². The van der Waals surface area contributed by atoms with Crippen LogP contribution in [0.15, 0.2) is 0 Å². The van der Waals surface area contributed by atoms with Crippen molar-refractivity contribution in [3.63, 3.8) is 0 Å². The molecule has 9 nitrogen and oxygen atoms in total. The van der Waals surface area contributed by atoms with Gasteiger partial charge < -0.3 is 26.0 Å². The lowest BCUT2D eigenvalue weighted by Crippen LogP contribution is -2.47.